The Balaban J connectivity index is 2.15. The molecule has 0 radical (unpaired) electrons. The van der Waals surface area contributed by atoms with Crippen LogP contribution in [-0.2, 0) is 9.47 Å². The Kier molecular flexibility index (Phi) is 3.78. The summed E-state index contributed by atoms with van der Waals surface area (Å²) in [6.07, 6.45) is 3.90. The summed E-state index contributed by atoms with van der Waals surface area (Å²) in [5.74, 6) is 0. The third kappa shape index (κ3) is 4.49. The Labute approximate surface area is 85.8 Å². The van der Waals surface area contributed by atoms with Crippen molar-refractivity contribution in [2.24, 2.45) is 5.41 Å². The van der Waals surface area contributed by atoms with E-state index in [0.717, 1.165) is 25.7 Å². The lowest BCUT2D eigenvalue weighted by Crippen LogP contribution is -2.21. The summed E-state index contributed by atoms with van der Waals surface area (Å²) in [5, 5.41) is 0. The van der Waals surface area contributed by atoms with E-state index in [4.69, 9.17) is 9.47 Å². The van der Waals surface area contributed by atoms with Gasteiger partial charge in [0.05, 0.1) is 6.61 Å². The van der Waals surface area contributed by atoms with Gasteiger partial charge >= 0.3 is 6.16 Å². The van der Waals surface area contributed by atoms with Crippen molar-refractivity contribution in [1.29, 1.82) is 0 Å². The van der Waals surface area contributed by atoms with E-state index in [1.165, 1.54) is 0 Å². The van der Waals surface area contributed by atoms with E-state index < -0.39 is 6.16 Å². The van der Waals surface area contributed by atoms with E-state index in [9.17, 15) is 4.79 Å². The average molecular weight is 200 g/mol. The van der Waals surface area contributed by atoms with Gasteiger partial charge in [0.15, 0.2) is 0 Å². The second-order valence-corrected chi connectivity index (χ2v) is 5.12. The number of rotatable bonds is 2. The highest BCUT2D eigenvalue weighted by Gasteiger charge is 2.21. The van der Waals surface area contributed by atoms with Crippen LogP contribution in [0.1, 0.15) is 46.5 Å². The molecular formula is C11H20O3. The van der Waals surface area contributed by atoms with Crippen molar-refractivity contribution >= 4 is 6.16 Å². The topological polar surface area (TPSA) is 35.5 Å². The minimum Gasteiger partial charge on any atom is -0.434 e. The van der Waals surface area contributed by atoms with Gasteiger partial charge in [-0.15, -0.1) is 0 Å². The summed E-state index contributed by atoms with van der Waals surface area (Å²) < 4.78 is 10.2. The Bertz CT molecular complexity index is 187. The van der Waals surface area contributed by atoms with Gasteiger partial charge < -0.3 is 9.47 Å². The molecule has 1 fully saturated rings. The highest BCUT2D eigenvalue weighted by atomic mass is 16.7. The molecule has 82 valence electrons. The first-order valence-electron chi connectivity index (χ1n) is 5.31. The van der Waals surface area contributed by atoms with Crippen molar-refractivity contribution in [2.75, 3.05) is 6.61 Å². The highest BCUT2D eigenvalue weighted by molar-refractivity contribution is 5.60. The molecule has 0 unspecified atom stereocenters. The van der Waals surface area contributed by atoms with Crippen LogP contribution in [0.3, 0.4) is 0 Å². The van der Waals surface area contributed by atoms with Gasteiger partial charge in [-0.1, -0.05) is 20.8 Å². The van der Waals surface area contributed by atoms with Gasteiger partial charge in [-0.2, -0.15) is 0 Å². The molecule has 0 atom stereocenters. The van der Waals surface area contributed by atoms with Crippen molar-refractivity contribution in [1.82, 2.24) is 0 Å². The molecular weight excluding hydrogens is 180 g/mol. The van der Waals surface area contributed by atoms with E-state index in [0.29, 0.717) is 6.61 Å². The average Bonchev–Trinajstić information content (AvgIpc) is 2.52. The second kappa shape index (κ2) is 4.67. The maximum atomic E-state index is 11.2. The van der Waals surface area contributed by atoms with Crippen LogP contribution in [0, 0.1) is 5.41 Å². The molecule has 1 saturated carbocycles. The molecule has 0 aromatic carbocycles. The van der Waals surface area contributed by atoms with E-state index in [-0.39, 0.29) is 11.5 Å². The molecule has 0 spiro atoms. The number of carbonyl (C=O) groups is 1. The molecule has 1 aliphatic carbocycles. The van der Waals surface area contributed by atoms with Gasteiger partial charge in [-0.25, -0.2) is 4.79 Å². The zero-order chi connectivity index (χ0) is 10.6. The quantitative estimate of drug-likeness (QED) is 0.642. The van der Waals surface area contributed by atoms with Crippen LogP contribution in [-0.4, -0.2) is 18.9 Å². The van der Waals surface area contributed by atoms with Crippen molar-refractivity contribution in [2.45, 2.75) is 52.6 Å². The highest BCUT2D eigenvalue weighted by Crippen LogP contribution is 2.21. The molecule has 1 aliphatic rings. The van der Waals surface area contributed by atoms with Gasteiger partial charge in [0.2, 0.25) is 0 Å². The Hall–Kier alpha value is -0.730. The molecule has 0 bridgehead atoms. The fourth-order valence-corrected chi connectivity index (χ4v) is 1.45. The van der Waals surface area contributed by atoms with Crippen LogP contribution in [0.5, 0.6) is 0 Å². The predicted molar refractivity (Wildman–Crippen MR) is 54.1 cm³/mol. The molecule has 0 heterocycles. The lowest BCUT2D eigenvalue weighted by atomic mass is 9.99. The van der Waals surface area contributed by atoms with E-state index in [1.807, 2.05) is 20.8 Å². The first kappa shape index (κ1) is 11.3. The van der Waals surface area contributed by atoms with Gasteiger partial charge in [-0.3, -0.25) is 0 Å². The standard InChI is InChI=1S/C11H20O3/c1-11(2,3)8-13-10(12)14-9-6-4-5-7-9/h9H,4-8H2,1-3H3. The fraction of sp³-hybridized carbons (Fsp3) is 0.909. The fourth-order valence-electron chi connectivity index (χ4n) is 1.45. The Morgan fingerprint density at radius 2 is 1.86 bits per heavy atom. The SMILES string of the molecule is CC(C)(C)COC(=O)OC1CCCC1. The Morgan fingerprint density at radius 3 is 2.36 bits per heavy atom. The monoisotopic (exact) mass is 200 g/mol. The summed E-state index contributed by atoms with van der Waals surface area (Å²) in [5.41, 5.74) is 0.00863. The number of carbonyl (C=O) groups excluding carboxylic acids is 1. The summed E-state index contributed by atoms with van der Waals surface area (Å²) in [6.45, 7) is 6.49. The van der Waals surface area contributed by atoms with Gasteiger partial charge in [-0.05, 0) is 31.1 Å². The van der Waals surface area contributed by atoms with E-state index in [1.54, 1.807) is 0 Å². The Morgan fingerprint density at radius 1 is 1.29 bits per heavy atom. The van der Waals surface area contributed by atoms with E-state index in [2.05, 4.69) is 0 Å². The number of hydrogen-bond donors (Lipinski definition) is 0. The van der Waals surface area contributed by atoms with Crippen molar-refractivity contribution in [3.05, 3.63) is 0 Å². The predicted octanol–water partition coefficient (Wildman–Crippen LogP) is 3.13. The lowest BCUT2D eigenvalue weighted by molar-refractivity contribution is 0.00903. The number of ether oxygens (including phenoxy) is 2. The van der Waals surface area contributed by atoms with Crippen LogP contribution in [0.2, 0.25) is 0 Å². The molecule has 0 N–H and O–H groups in total. The maximum absolute atomic E-state index is 11.2. The van der Waals surface area contributed by atoms with Crippen LogP contribution in [0.25, 0.3) is 0 Å². The summed E-state index contributed by atoms with van der Waals surface area (Å²) in [7, 11) is 0. The summed E-state index contributed by atoms with van der Waals surface area (Å²) >= 11 is 0. The normalized spacial score (nSPS) is 18.2. The maximum Gasteiger partial charge on any atom is 0.508 e. The zero-order valence-corrected chi connectivity index (χ0v) is 9.34. The molecule has 0 aromatic heterocycles. The van der Waals surface area contributed by atoms with Crippen LogP contribution >= 0.6 is 0 Å². The molecule has 3 heteroatoms. The van der Waals surface area contributed by atoms with Crippen LogP contribution in [0.15, 0.2) is 0 Å². The minimum absolute atomic E-state index is 0.00863. The van der Waals surface area contributed by atoms with Crippen molar-refractivity contribution in [3.8, 4) is 0 Å². The van der Waals surface area contributed by atoms with Crippen molar-refractivity contribution < 1.29 is 14.3 Å². The second-order valence-electron chi connectivity index (χ2n) is 5.12. The number of hydrogen-bond acceptors (Lipinski definition) is 3. The molecule has 0 aromatic rings. The molecule has 3 nitrogen and oxygen atoms in total. The zero-order valence-electron chi connectivity index (χ0n) is 9.34. The first-order valence-corrected chi connectivity index (χ1v) is 5.31. The van der Waals surface area contributed by atoms with Crippen LogP contribution < -0.4 is 0 Å². The molecule has 0 amide bonds. The van der Waals surface area contributed by atoms with Gasteiger partial charge in [0.25, 0.3) is 0 Å². The molecule has 0 aliphatic heterocycles. The molecule has 1 rings (SSSR count). The van der Waals surface area contributed by atoms with Gasteiger partial charge in [0, 0.05) is 0 Å². The first-order chi connectivity index (χ1) is 6.47. The van der Waals surface area contributed by atoms with Crippen molar-refractivity contribution in [3.63, 3.8) is 0 Å². The molecule has 14 heavy (non-hydrogen) atoms. The minimum atomic E-state index is -0.508. The molecule has 0 saturated heterocycles. The third-order valence-corrected chi connectivity index (χ3v) is 2.19. The summed E-state index contributed by atoms with van der Waals surface area (Å²) in [6, 6.07) is 0. The van der Waals surface area contributed by atoms with Gasteiger partial charge in [0.1, 0.15) is 6.10 Å². The van der Waals surface area contributed by atoms with Crippen LogP contribution in [0.4, 0.5) is 4.79 Å². The summed E-state index contributed by atoms with van der Waals surface area (Å²) in [4.78, 5) is 11.2. The van der Waals surface area contributed by atoms with E-state index >= 15 is 0 Å². The third-order valence-electron chi connectivity index (χ3n) is 2.19. The smallest absolute Gasteiger partial charge is 0.434 e. The lowest BCUT2D eigenvalue weighted by Gasteiger charge is -2.18. The largest absolute Gasteiger partial charge is 0.508 e.